The van der Waals surface area contributed by atoms with Crippen molar-refractivity contribution < 1.29 is 4.74 Å². The van der Waals surface area contributed by atoms with E-state index in [1.807, 2.05) is 0 Å². The Kier molecular flexibility index (Phi) is 9.90. The quantitative estimate of drug-likeness (QED) is 0.615. The molecule has 3 N–H and O–H groups in total. The number of thiazole rings is 1. The molecule has 0 bridgehead atoms. The van der Waals surface area contributed by atoms with Gasteiger partial charge >= 0.3 is 0 Å². The van der Waals surface area contributed by atoms with Gasteiger partial charge in [0.1, 0.15) is 12.4 Å². The second kappa shape index (κ2) is 11.1. The van der Waals surface area contributed by atoms with Crippen LogP contribution in [-0.4, -0.2) is 34.6 Å². The standard InChI is InChI=1S/C18H27N5OS.2ClH/c1-11-12(2)25-18(21-11)5-4-6-20-16-9-15(13-7-14(19)8-13)22-17(23-16)10-24-3;;/h9,13-14H,4-8,10,19H2,1-3H3,(H,20,22,23);2*1H. The summed E-state index contributed by atoms with van der Waals surface area (Å²) >= 11 is 1.79. The summed E-state index contributed by atoms with van der Waals surface area (Å²) in [5.74, 6) is 2.06. The first-order valence-electron chi connectivity index (χ1n) is 8.84. The van der Waals surface area contributed by atoms with Crippen LogP contribution < -0.4 is 11.1 Å². The summed E-state index contributed by atoms with van der Waals surface area (Å²) in [5, 5.41) is 4.64. The number of rotatable bonds is 8. The van der Waals surface area contributed by atoms with Gasteiger partial charge in [0.25, 0.3) is 0 Å². The maximum Gasteiger partial charge on any atom is 0.156 e. The molecule has 0 radical (unpaired) electrons. The van der Waals surface area contributed by atoms with Gasteiger partial charge in [-0.15, -0.1) is 36.2 Å². The number of methoxy groups -OCH3 is 1. The Morgan fingerprint density at radius 3 is 2.56 bits per heavy atom. The Morgan fingerprint density at radius 2 is 1.96 bits per heavy atom. The molecule has 0 unspecified atom stereocenters. The highest BCUT2D eigenvalue weighted by atomic mass is 35.5. The van der Waals surface area contributed by atoms with Gasteiger partial charge in [0.05, 0.1) is 10.7 Å². The third kappa shape index (κ3) is 6.54. The summed E-state index contributed by atoms with van der Waals surface area (Å²) in [6.45, 7) is 5.49. The zero-order valence-corrected chi connectivity index (χ0v) is 18.5. The highest BCUT2D eigenvalue weighted by Crippen LogP contribution is 2.35. The van der Waals surface area contributed by atoms with Crippen LogP contribution >= 0.6 is 36.2 Å². The second-order valence-corrected chi connectivity index (χ2v) is 8.02. The van der Waals surface area contributed by atoms with Crippen molar-refractivity contribution in [3.8, 4) is 0 Å². The van der Waals surface area contributed by atoms with Crippen molar-refractivity contribution in [2.75, 3.05) is 19.0 Å². The predicted octanol–water partition coefficient (Wildman–Crippen LogP) is 3.79. The molecule has 3 rings (SSSR count). The number of anilines is 1. The Hall–Kier alpha value is -0.990. The number of nitrogens with two attached hydrogens (primary N) is 1. The zero-order valence-electron chi connectivity index (χ0n) is 16.0. The molecule has 2 aromatic rings. The smallest absolute Gasteiger partial charge is 0.156 e. The molecule has 2 aromatic heterocycles. The number of nitrogens with zero attached hydrogens (tertiary/aromatic N) is 3. The number of hydrogen-bond acceptors (Lipinski definition) is 7. The average Bonchev–Trinajstić information content (AvgIpc) is 2.87. The molecule has 6 nitrogen and oxygen atoms in total. The SMILES string of the molecule is COCc1nc(NCCCc2nc(C)c(C)s2)cc(C2CC(N)C2)n1.Cl.Cl. The Labute approximate surface area is 177 Å². The van der Waals surface area contributed by atoms with Gasteiger partial charge in [-0.05, 0) is 33.1 Å². The second-order valence-electron chi connectivity index (χ2n) is 6.74. The van der Waals surface area contributed by atoms with Crippen LogP contribution in [0.5, 0.6) is 0 Å². The fraction of sp³-hybridized carbons (Fsp3) is 0.611. The van der Waals surface area contributed by atoms with Gasteiger partial charge < -0.3 is 15.8 Å². The first-order chi connectivity index (χ1) is 12.0. The van der Waals surface area contributed by atoms with E-state index in [2.05, 4.69) is 40.2 Å². The molecule has 0 spiro atoms. The van der Waals surface area contributed by atoms with Crippen LogP contribution in [0.2, 0.25) is 0 Å². The maximum absolute atomic E-state index is 5.92. The van der Waals surface area contributed by atoms with Crippen molar-refractivity contribution in [1.82, 2.24) is 15.0 Å². The van der Waals surface area contributed by atoms with Crippen molar-refractivity contribution in [2.24, 2.45) is 5.73 Å². The minimum atomic E-state index is 0. The minimum absolute atomic E-state index is 0. The Morgan fingerprint density at radius 1 is 1.22 bits per heavy atom. The summed E-state index contributed by atoms with van der Waals surface area (Å²) in [4.78, 5) is 15.1. The molecular formula is C18H29Cl2N5OS. The lowest BCUT2D eigenvalue weighted by Crippen LogP contribution is -2.35. The fourth-order valence-corrected chi connectivity index (χ4v) is 3.99. The van der Waals surface area contributed by atoms with E-state index in [4.69, 9.17) is 10.5 Å². The Bertz CT molecular complexity index is 702. The van der Waals surface area contributed by atoms with Gasteiger partial charge in [0.2, 0.25) is 0 Å². The van der Waals surface area contributed by atoms with Crippen LogP contribution in [0.15, 0.2) is 6.07 Å². The minimum Gasteiger partial charge on any atom is -0.377 e. The lowest BCUT2D eigenvalue weighted by Gasteiger charge is -2.32. The molecule has 9 heteroatoms. The summed E-state index contributed by atoms with van der Waals surface area (Å²) < 4.78 is 5.20. The molecule has 2 heterocycles. The first-order valence-corrected chi connectivity index (χ1v) is 9.66. The van der Waals surface area contributed by atoms with Crippen LogP contribution in [0.1, 0.15) is 52.3 Å². The highest BCUT2D eigenvalue weighted by Gasteiger charge is 2.29. The number of ether oxygens (including phenoxy) is 1. The van der Waals surface area contributed by atoms with Gasteiger partial charge in [0.15, 0.2) is 5.82 Å². The highest BCUT2D eigenvalue weighted by molar-refractivity contribution is 7.11. The van der Waals surface area contributed by atoms with E-state index >= 15 is 0 Å². The van der Waals surface area contributed by atoms with Crippen LogP contribution in [0.3, 0.4) is 0 Å². The van der Waals surface area contributed by atoms with Gasteiger partial charge in [-0.25, -0.2) is 15.0 Å². The van der Waals surface area contributed by atoms with Gasteiger partial charge in [-0.2, -0.15) is 0 Å². The molecule has 0 aromatic carbocycles. The molecule has 0 amide bonds. The van der Waals surface area contributed by atoms with Crippen LogP contribution in [0.25, 0.3) is 0 Å². The number of nitrogens with one attached hydrogen (secondary N) is 1. The van der Waals surface area contributed by atoms with E-state index in [1.54, 1.807) is 18.4 Å². The lowest BCUT2D eigenvalue weighted by molar-refractivity contribution is 0.177. The van der Waals surface area contributed by atoms with E-state index in [0.717, 1.165) is 55.3 Å². The Balaban J connectivity index is 0.00000182. The fourth-order valence-electron chi connectivity index (χ4n) is 3.02. The van der Waals surface area contributed by atoms with Crippen LogP contribution in [0.4, 0.5) is 5.82 Å². The van der Waals surface area contributed by atoms with Crippen molar-refractivity contribution >= 4 is 42.0 Å². The third-order valence-corrected chi connectivity index (χ3v) is 5.74. The number of aromatic nitrogens is 3. The summed E-state index contributed by atoms with van der Waals surface area (Å²) in [6.07, 6.45) is 4.03. The molecule has 1 saturated carbocycles. The lowest BCUT2D eigenvalue weighted by atomic mass is 9.78. The normalized spacial score (nSPS) is 18.2. The van der Waals surface area contributed by atoms with Gasteiger partial charge in [-0.1, -0.05) is 0 Å². The molecule has 1 aliphatic carbocycles. The maximum atomic E-state index is 5.92. The molecule has 27 heavy (non-hydrogen) atoms. The predicted molar refractivity (Wildman–Crippen MR) is 116 cm³/mol. The molecule has 0 saturated heterocycles. The van der Waals surface area contributed by atoms with Crippen LogP contribution in [-0.2, 0) is 17.8 Å². The molecule has 152 valence electrons. The van der Waals surface area contributed by atoms with Crippen molar-refractivity contribution in [1.29, 1.82) is 0 Å². The molecule has 1 aliphatic rings. The molecule has 0 aliphatic heterocycles. The van der Waals surface area contributed by atoms with E-state index in [0.29, 0.717) is 18.6 Å². The number of halogens is 2. The zero-order chi connectivity index (χ0) is 17.8. The summed E-state index contributed by atoms with van der Waals surface area (Å²) in [7, 11) is 1.67. The number of aryl methyl sites for hydroxylation is 3. The summed E-state index contributed by atoms with van der Waals surface area (Å²) in [5.41, 5.74) is 8.15. The van der Waals surface area contributed by atoms with E-state index in [1.165, 1.54) is 9.88 Å². The largest absolute Gasteiger partial charge is 0.377 e. The summed E-state index contributed by atoms with van der Waals surface area (Å²) in [6, 6.07) is 2.38. The van der Waals surface area contributed by atoms with Crippen molar-refractivity contribution in [3.63, 3.8) is 0 Å². The third-order valence-electron chi connectivity index (χ3n) is 4.60. The first kappa shape index (κ1) is 24.0. The molecule has 1 fully saturated rings. The topological polar surface area (TPSA) is 86.0 Å². The van der Waals surface area contributed by atoms with Crippen LogP contribution in [0, 0.1) is 13.8 Å². The van der Waals surface area contributed by atoms with E-state index < -0.39 is 0 Å². The van der Waals surface area contributed by atoms with Crippen molar-refractivity contribution in [2.45, 2.75) is 58.1 Å². The van der Waals surface area contributed by atoms with E-state index in [9.17, 15) is 0 Å². The van der Waals surface area contributed by atoms with Gasteiger partial charge in [-0.3, -0.25) is 0 Å². The average molecular weight is 434 g/mol. The molecular weight excluding hydrogens is 405 g/mol. The van der Waals surface area contributed by atoms with E-state index in [-0.39, 0.29) is 24.8 Å². The number of hydrogen-bond donors (Lipinski definition) is 2. The molecule has 0 atom stereocenters. The van der Waals surface area contributed by atoms with Gasteiger partial charge in [0, 0.05) is 48.7 Å². The monoisotopic (exact) mass is 433 g/mol. The van der Waals surface area contributed by atoms with Crippen molar-refractivity contribution in [3.05, 3.63) is 33.2 Å².